The first-order valence-electron chi connectivity index (χ1n) is 8.73. The number of nitrogens with one attached hydrogen (secondary N) is 1. The van der Waals surface area contributed by atoms with Crippen LogP contribution in [0.5, 0.6) is 0 Å². The Morgan fingerprint density at radius 3 is 2.87 bits per heavy atom. The highest BCUT2D eigenvalue weighted by atomic mass is 15.3. The Hall–Kier alpha value is -1.75. The molecule has 3 rings (SSSR count). The van der Waals surface area contributed by atoms with Crippen molar-refractivity contribution in [2.24, 2.45) is 7.05 Å². The van der Waals surface area contributed by atoms with Crippen LogP contribution >= 0.6 is 0 Å². The smallest absolute Gasteiger partial charge is 0.125 e. The number of hydrogen-bond donors (Lipinski definition) is 1. The third-order valence-electron chi connectivity index (χ3n) is 4.86. The fourth-order valence-corrected chi connectivity index (χ4v) is 3.68. The van der Waals surface area contributed by atoms with Gasteiger partial charge in [-0.1, -0.05) is 13.8 Å². The van der Waals surface area contributed by atoms with Gasteiger partial charge in [-0.25, -0.2) is 9.97 Å². The summed E-state index contributed by atoms with van der Waals surface area (Å²) in [6.07, 6.45) is 7.43. The van der Waals surface area contributed by atoms with Gasteiger partial charge >= 0.3 is 0 Å². The molecule has 5 heteroatoms. The molecule has 2 aromatic rings. The van der Waals surface area contributed by atoms with Crippen molar-refractivity contribution >= 4 is 0 Å². The summed E-state index contributed by atoms with van der Waals surface area (Å²) >= 11 is 0. The number of aromatic nitrogens is 4. The monoisotopic (exact) mass is 313 g/mol. The molecule has 1 aliphatic rings. The molecule has 0 aliphatic heterocycles. The summed E-state index contributed by atoms with van der Waals surface area (Å²) in [6, 6.07) is 0.356. The topological polar surface area (TPSA) is 55.6 Å². The normalized spacial score (nSPS) is 17.3. The second kappa shape index (κ2) is 6.79. The van der Waals surface area contributed by atoms with E-state index in [-0.39, 0.29) is 0 Å². The maximum Gasteiger partial charge on any atom is 0.125 e. The number of nitrogens with zero attached hydrogens (tertiary/aromatic N) is 4. The van der Waals surface area contributed by atoms with E-state index in [0.29, 0.717) is 6.04 Å². The molecule has 0 amide bonds. The highest BCUT2D eigenvalue weighted by Crippen LogP contribution is 2.28. The molecule has 0 saturated heterocycles. The molecule has 124 valence electrons. The first kappa shape index (κ1) is 16.1. The first-order valence-corrected chi connectivity index (χ1v) is 8.73. The van der Waals surface area contributed by atoms with Crippen LogP contribution in [0.2, 0.25) is 0 Å². The lowest BCUT2D eigenvalue weighted by molar-refractivity contribution is 0.449. The minimum Gasteiger partial charge on any atom is -0.306 e. The largest absolute Gasteiger partial charge is 0.306 e. The highest BCUT2D eigenvalue weighted by molar-refractivity contribution is 5.28. The van der Waals surface area contributed by atoms with Crippen LogP contribution in [-0.2, 0) is 32.9 Å². The van der Waals surface area contributed by atoms with Gasteiger partial charge in [0.15, 0.2) is 0 Å². The van der Waals surface area contributed by atoms with Crippen molar-refractivity contribution in [3.05, 3.63) is 40.2 Å². The van der Waals surface area contributed by atoms with Crippen molar-refractivity contribution in [3.63, 3.8) is 0 Å². The number of rotatable bonds is 5. The van der Waals surface area contributed by atoms with Crippen LogP contribution in [0.4, 0.5) is 0 Å². The van der Waals surface area contributed by atoms with Gasteiger partial charge in [0.2, 0.25) is 0 Å². The number of aryl methyl sites for hydroxylation is 4. The molecule has 1 unspecified atom stereocenters. The average molecular weight is 313 g/mol. The summed E-state index contributed by atoms with van der Waals surface area (Å²) in [5.41, 5.74) is 6.43. The van der Waals surface area contributed by atoms with E-state index in [2.05, 4.69) is 34.2 Å². The van der Waals surface area contributed by atoms with Crippen LogP contribution in [-0.4, -0.2) is 19.7 Å². The van der Waals surface area contributed by atoms with E-state index in [4.69, 9.17) is 0 Å². The molecule has 2 aromatic heterocycles. The van der Waals surface area contributed by atoms with E-state index in [1.165, 1.54) is 34.6 Å². The standard InChI is InChI=1S/C18H27N5/c1-5-15-14(18(6-2)23(4)22-15)11-20-16-8-7-9-17-13(16)10-19-12(3)21-17/h10,16,20H,5-9,11H2,1-4H3. The van der Waals surface area contributed by atoms with Gasteiger partial charge < -0.3 is 5.32 Å². The van der Waals surface area contributed by atoms with Crippen LogP contribution in [0.15, 0.2) is 6.20 Å². The first-order chi connectivity index (χ1) is 11.1. The van der Waals surface area contributed by atoms with E-state index < -0.39 is 0 Å². The lowest BCUT2D eigenvalue weighted by Gasteiger charge is -2.25. The Bertz CT molecular complexity index is 689. The molecule has 1 atom stereocenters. The van der Waals surface area contributed by atoms with Gasteiger partial charge in [0.25, 0.3) is 0 Å². The minimum atomic E-state index is 0.356. The minimum absolute atomic E-state index is 0.356. The molecule has 0 bridgehead atoms. The number of fused-ring (bicyclic) bond motifs is 1. The highest BCUT2D eigenvalue weighted by Gasteiger charge is 2.22. The zero-order valence-electron chi connectivity index (χ0n) is 14.7. The van der Waals surface area contributed by atoms with Gasteiger partial charge in [-0.15, -0.1) is 0 Å². The van der Waals surface area contributed by atoms with E-state index in [9.17, 15) is 0 Å². The van der Waals surface area contributed by atoms with Crippen molar-refractivity contribution in [1.29, 1.82) is 0 Å². The molecule has 1 aliphatic carbocycles. The van der Waals surface area contributed by atoms with Crippen molar-refractivity contribution < 1.29 is 0 Å². The van der Waals surface area contributed by atoms with Gasteiger partial charge in [-0.3, -0.25) is 4.68 Å². The molecular weight excluding hydrogens is 286 g/mol. The van der Waals surface area contributed by atoms with Crippen LogP contribution in [0.3, 0.4) is 0 Å². The second-order valence-electron chi connectivity index (χ2n) is 6.35. The molecule has 0 spiro atoms. The van der Waals surface area contributed by atoms with Crippen molar-refractivity contribution in [1.82, 2.24) is 25.1 Å². The fraction of sp³-hybridized carbons (Fsp3) is 0.611. The summed E-state index contributed by atoms with van der Waals surface area (Å²) in [5.74, 6) is 0.873. The van der Waals surface area contributed by atoms with Gasteiger partial charge in [-0.05, 0) is 39.0 Å². The Labute approximate surface area is 138 Å². The Balaban J connectivity index is 1.80. The van der Waals surface area contributed by atoms with E-state index in [1.807, 2.05) is 24.9 Å². The molecule has 2 heterocycles. The third-order valence-corrected chi connectivity index (χ3v) is 4.86. The fourth-order valence-electron chi connectivity index (χ4n) is 3.68. The summed E-state index contributed by atoms with van der Waals surface area (Å²) in [5, 5.41) is 8.41. The summed E-state index contributed by atoms with van der Waals surface area (Å²) in [6.45, 7) is 7.22. The van der Waals surface area contributed by atoms with E-state index >= 15 is 0 Å². The summed E-state index contributed by atoms with van der Waals surface area (Å²) < 4.78 is 2.04. The van der Waals surface area contributed by atoms with Gasteiger partial charge in [-0.2, -0.15) is 5.10 Å². The summed E-state index contributed by atoms with van der Waals surface area (Å²) in [4.78, 5) is 9.02. The van der Waals surface area contributed by atoms with Gasteiger partial charge in [0.1, 0.15) is 5.82 Å². The molecule has 0 fully saturated rings. The van der Waals surface area contributed by atoms with Crippen molar-refractivity contribution in [2.45, 2.75) is 65.5 Å². The quantitative estimate of drug-likeness (QED) is 0.922. The maximum atomic E-state index is 4.67. The molecule has 0 aromatic carbocycles. The Morgan fingerprint density at radius 2 is 2.13 bits per heavy atom. The molecular formula is C18H27N5. The van der Waals surface area contributed by atoms with E-state index in [1.54, 1.807) is 0 Å². The van der Waals surface area contributed by atoms with Gasteiger partial charge in [0.05, 0.1) is 5.69 Å². The molecule has 5 nitrogen and oxygen atoms in total. The SMILES string of the molecule is CCc1nn(C)c(CC)c1CNC1CCCc2nc(C)ncc21. The lowest BCUT2D eigenvalue weighted by atomic mass is 9.92. The van der Waals surface area contributed by atoms with E-state index in [0.717, 1.165) is 38.1 Å². The van der Waals surface area contributed by atoms with Crippen LogP contribution in [0, 0.1) is 6.92 Å². The van der Waals surface area contributed by atoms with Crippen molar-refractivity contribution in [2.75, 3.05) is 0 Å². The zero-order chi connectivity index (χ0) is 16.4. The van der Waals surface area contributed by atoms with Gasteiger partial charge in [0, 0.05) is 48.3 Å². The average Bonchev–Trinajstić information content (AvgIpc) is 2.87. The molecule has 23 heavy (non-hydrogen) atoms. The Morgan fingerprint density at radius 1 is 1.30 bits per heavy atom. The summed E-state index contributed by atoms with van der Waals surface area (Å²) in [7, 11) is 2.05. The Kier molecular flexibility index (Phi) is 4.76. The lowest BCUT2D eigenvalue weighted by Crippen LogP contribution is -2.26. The maximum absolute atomic E-state index is 4.67. The molecule has 1 N–H and O–H groups in total. The number of hydrogen-bond acceptors (Lipinski definition) is 4. The predicted molar refractivity (Wildman–Crippen MR) is 91.3 cm³/mol. The van der Waals surface area contributed by atoms with Crippen LogP contribution < -0.4 is 5.32 Å². The second-order valence-corrected chi connectivity index (χ2v) is 6.35. The zero-order valence-corrected chi connectivity index (χ0v) is 14.7. The predicted octanol–water partition coefficient (Wildman–Crippen LogP) is 2.81. The third kappa shape index (κ3) is 3.15. The van der Waals surface area contributed by atoms with Crippen LogP contribution in [0.25, 0.3) is 0 Å². The van der Waals surface area contributed by atoms with Crippen LogP contribution in [0.1, 0.15) is 66.8 Å². The molecule has 0 saturated carbocycles. The molecule has 0 radical (unpaired) electrons. The van der Waals surface area contributed by atoms with Crippen molar-refractivity contribution in [3.8, 4) is 0 Å².